The quantitative estimate of drug-likeness (QED) is 0.445. The Morgan fingerprint density at radius 2 is 1.87 bits per heavy atom. The van der Waals surface area contributed by atoms with Crippen LogP contribution in [0.3, 0.4) is 0 Å². The normalized spacial score (nSPS) is 10.6. The second kappa shape index (κ2) is 4.91. The predicted octanol–water partition coefficient (Wildman–Crippen LogP) is 2.74. The first-order chi connectivity index (χ1) is 7.01. The molecule has 0 aliphatic heterocycles. The molecule has 0 amide bonds. The van der Waals surface area contributed by atoms with Crippen molar-refractivity contribution < 1.29 is 9.22 Å². The van der Waals surface area contributed by atoms with E-state index in [1.807, 2.05) is 24.3 Å². The van der Waals surface area contributed by atoms with E-state index in [2.05, 4.69) is 24.6 Å². The lowest BCUT2D eigenvalue weighted by molar-refractivity contribution is 0.557. The molecule has 1 rings (SSSR count). The van der Waals surface area contributed by atoms with Crippen LogP contribution in [0.2, 0.25) is 19.6 Å². The van der Waals surface area contributed by atoms with Crippen LogP contribution in [0.4, 0.5) is 0 Å². The van der Waals surface area contributed by atoms with Crippen molar-refractivity contribution in [1.29, 1.82) is 0 Å². The minimum Gasteiger partial charge on any atom is -0.544 e. The van der Waals surface area contributed by atoms with Gasteiger partial charge in [-0.15, -0.1) is 0 Å². The van der Waals surface area contributed by atoms with Crippen LogP contribution in [0.1, 0.15) is 5.56 Å². The Morgan fingerprint density at radius 1 is 1.27 bits per heavy atom. The zero-order valence-corrected chi connectivity index (χ0v) is 10.3. The maximum absolute atomic E-state index is 9.92. The Kier molecular flexibility index (Phi) is 3.83. The van der Waals surface area contributed by atoms with Crippen LogP contribution >= 0.6 is 0 Å². The van der Waals surface area contributed by atoms with E-state index in [4.69, 9.17) is 4.43 Å². The molecule has 0 N–H and O–H groups in total. The number of nitrogens with zero attached hydrogens (tertiary/aromatic N) is 1. The molecule has 0 aliphatic carbocycles. The fourth-order valence-electron chi connectivity index (χ4n) is 1.14. The average Bonchev–Trinajstić information content (AvgIpc) is 2.14. The zero-order valence-electron chi connectivity index (χ0n) is 9.28. The highest BCUT2D eigenvalue weighted by molar-refractivity contribution is 6.70. The third-order valence-electron chi connectivity index (χ3n) is 1.67. The maximum atomic E-state index is 9.92. The van der Waals surface area contributed by atoms with E-state index in [0.717, 1.165) is 11.3 Å². The van der Waals surface area contributed by atoms with Crippen molar-refractivity contribution in [3.05, 3.63) is 29.8 Å². The highest BCUT2D eigenvalue weighted by Crippen LogP contribution is 2.17. The summed E-state index contributed by atoms with van der Waals surface area (Å²) in [7, 11) is -1.53. The number of rotatable bonds is 4. The summed E-state index contributed by atoms with van der Waals surface area (Å²) in [6, 6.07) is 7.65. The van der Waals surface area contributed by atoms with E-state index in [-0.39, 0.29) is 0 Å². The van der Waals surface area contributed by atoms with Gasteiger partial charge in [-0.2, -0.15) is 0 Å². The summed E-state index contributed by atoms with van der Waals surface area (Å²) in [5.74, 6) is 0.882. The monoisotopic (exact) mass is 221 g/mol. The van der Waals surface area contributed by atoms with Crippen LogP contribution in [0.5, 0.6) is 5.75 Å². The summed E-state index contributed by atoms with van der Waals surface area (Å²) in [6.07, 6.45) is 1.52. The summed E-state index contributed by atoms with van der Waals surface area (Å²) in [5.41, 5.74) is 0.987. The van der Waals surface area contributed by atoms with Gasteiger partial charge >= 0.3 is 0 Å². The maximum Gasteiger partial charge on any atom is 0.242 e. The van der Waals surface area contributed by atoms with Gasteiger partial charge in [-0.25, -0.2) is 9.79 Å². The van der Waals surface area contributed by atoms with Crippen LogP contribution in [0, 0.1) is 0 Å². The lowest BCUT2D eigenvalue weighted by Crippen LogP contribution is -2.29. The van der Waals surface area contributed by atoms with Crippen LogP contribution in [0.15, 0.2) is 29.3 Å². The van der Waals surface area contributed by atoms with Gasteiger partial charge in [-0.3, -0.25) is 0 Å². The number of isocyanates is 1. The summed E-state index contributed by atoms with van der Waals surface area (Å²) in [4.78, 5) is 13.4. The number of hydrogen-bond acceptors (Lipinski definition) is 3. The molecule has 3 nitrogen and oxygen atoms in total. The molecule has 0 bridgehead atoms. The van der Waals surface area contributed by atoms with E-state index < -0.39 is 8.32 Å². The van der Waals surface area contributed by atoms with Gasteiger partial charge in [0.25, 0.3) is 0 Å². The molecule has 1 aromatic carbocycles. The number of hydrogen-bond donors (Lipinski definition) is 0. The van der Waals surface area contributed by atoms with Crippen molar-refractivity contribution in [2.75, 3.05) is 0 Å². The van der Waals surface area contributed by atoms with Crippen molar-refractivity contribution >= 4 is 14.4 Å². The highest BCUT2D eigenvalue weighted by Gasteiger charge is 2.15. The fourth-order valence-corrected chi connectivity index (χ4v) is 1.98. The summed E-state index contributed by atoms with van der Waals surface area (Å²) in [5, 5.41) is 0. The molecule has 0 aliphatic rings. The first kappa shape index (κ1) is 11.7. The van der Waals surface area contributed by atoms with Crippen LogP contribution in [-0.2, 0) is 11.3 Å². The Labute approximate surface area is 90.9 Å². The van der Waals surface area contributed by atoms with Crippen molar-refractivity contribution in [2.45, 2.75) is 26.2 Å². The molecule has 0 spiro atoms. The fraction of sp³-hybridized carbons (Fsp3) is 0.364. The van der Waals surface area contributed by atoms with Gasteiger partial charge in [0.05, 0.1) is 6.54 Å². The Morgan fingerprint density at radius 3 is 2.33 bits per heavy atom. The molecule has 15 heavy (non-hydrogen) atoms. The molecule has 4 heteroatoms. The second-order valence-corrected chi connectivity index (χ2v) is 8.69. The number of benzene rings is 1. The summed E-state index contributed by atoms with van der Waals surface area (Å²) >= 11 is 0. The molecule has 0 fully saturated rings. The van der Waals surface area contributed by atoms with Gasteiger partial charge < -0.3 is 4.43 Å². The number of aliphatic imine (C=N–C) groups is 1. The van der Waals surface area contributed by atoms with E-state index >= 15 is 0 Å². The van der Waals surface area contributed by atoms with Gasteiger partial charge in [-0.1, -0.05) is 12.1 Å². The average molecular weight is 221 g/mol. The molecule has 0 saturated heterocycles. The second-order valence-electron chi connectivity index (χ2n) is 4.27. The lowest BCUT2D eigenvalue weighted by atomic mass is 10.2. The van der Waals surface area contributed by atoms with E-state index in [1.54, 1.807) is 0 Å². The van der Waals surface area contributed by atoms with Crippen molar-refractivity contribution in [1.82, 2.24) is 0 Å². The van der Waals surface area contributed by atoms with Gasteiger partial charge in [0, 0.05) is 0 Å². The Hall–Kier alpha value is -1.38. The summed E-state index contributed by atoms with van der Waals surface area (Å²) in [6.45, 7) is 6.80. The molecule has 80 valence electrons. The molecule has 0 radical (unpaired) electrons. The molecule has 0 saturated carbocycles. The third kappa shape index (κ3) is 4.58. The van der Waals surface area contributed by atoms with Crippen LogP contribution in [-0.4, -0.2) is 14.4 Å². The third-order valence-corrected chi connectivity index (χ3v) is 2.52. The van der Waals surface area contributed by atoms with Crippen molar-refractivity contribution in [2.24, 2.45) is 4.99 Å². The smallest absolute Gasteiger partial charge is 0.242 e. The number of carbonyl (C=O) groups excluding carboxylic acids is 1. The molecule has 0 unspecified atom stereocenters. The van der Waals surface area contributed by atoms with E-state index in [1.165, 1.54) is 6.08 Å². The van der Waals surface area contributed by atoms with Crippen LogP contribution in [0.25, 0.3) is 0 Å². The molecule has 0 atom stereocenters. The van der Waals surface area contributed by atoms with Gasteiger partial charge in [0.2, 0.25) is 14.4 Å². The molecule has 0 heterocycles. The van der Waals surface area contributed by atoms with E-state index in [0.29, 0.717) is 6.54 Å². The van der Waals surface area contributed by atoms with Crippen molar-refractivity contribution in [3.8, 4) is 5.75 Å². The summed E-state index contributed by atoms with van der Waals surface area (Å²) < 4.78 is 5.79. The minimum atomic E-state index is -1.53. The lowest BCUT2D eigenvalue weighted by Gasteiger charge is -2.19. The highest BCUT2D eigenvalue weighted by atomic mass is 28.4. The Balaban J connectivity index is 2.68. The van der Waals surface area contributed by atoms with Gasteiger partial charge in [0.15, 0.2) is 0 Å². The molecular weight excluding hydrogens is 206 g/mol. The Bertz CT molecular complexity index is 361. The molecule has 1 aromatic rings. The van der Waals surface area contributed by atoms with Crippen molar-refractivity contribution in [3.63, 3.8) is 0 Å². The first-order valence-electron chi connectivity index (χ1n) is 4.83. The first-order valence-corrected chi connectivity index (χ1v) is 8.24. The van der Waals surface area contributed by atoms with Gasteiger partial charge in [0.1, 0.15) is 5.75 Å². The predicted molar refractivity (Wildman–Crippen MR) is 62.2 cm³/mol. The van der Waals surface area contributed by atoms with Crippen LogP contribution < -0.4 is 4.43 Å². The minimum absolute atomic E-state index is 0.386. The SMILES string of the molecule is C[Si](C)(C)Oc1ccc(CN=C=O)cc1. The zero-order chi connectivity index (χ0) is 11.3. The van der Waals surface area contributed by atoms with E-state index in [9.17, 15) is 4.79 Å². The molecule has 0 aromatic heterocycles. The van der Waals surface area contributed by atoms with Gasteiger partial charge in [-0.05, 0) is 37.3 Å². The topological polar surface area (TPSA) is 38.7 Å². The molecular formula is C11H15NO2Si. The largest absolute Gasteiger partial charge is 0.544 e. The standard InChI is InChI=1S/C11H15NO2Si/c1-15(2,3)14-11-6-4-10(5-7-11)8-12-9-13/h4-7H,8H2,1-3H3.